The molecule has 0 amide bonds. The number of nitriles is 1. The van der Waals surface area contributed by atoms with Crippen LogP contribution in [-0.2, 0) is 9.31 Å². The number of anilines is 1. The van der Waals surface area contributed by atoms with E-state index in [1.807, 2.05) is 18.2 Å². The standard InChI is InChI=1S/C17H23BN2O2/c1-16(2)17(3,4)22-18(21-16)14-8-7-13(12-19)11-15(14)20-9-5-6-10-20/h7-8,11H,5-6,9-10H2,1-4H3. The normalized spacial score (nSPS) is 22.9. The average Bonchev–Trinajstić information content (AvgIpc) is 3.05. The van der Waals surface area contributed by atoms with Gasteiger partial charge in [-0.25, -0.2) is 0 Å². The maximum atomic E-state index is 9.20. The Bertz CT molecular complexity index is 600. The molecular formula is C17H23BN2O2. The first-order valence-corrected chi connectivity index (χ1v) is 7.99. The lowest BCUT2D eigenvalue weighted by atomic mass is 9.77. The van der Waals surface area contributed by atoms with Gasteiger partial charge in [0.15, 0.2) is 0 Å². The first kappa shape index (κ1) is 15.4. The zero-order chi connectivity index (χ0) is 16.0. The Morgan fingerprint density at radius 3 is 2.23 bits per heavy atom. The van der Waals surface area contributed by atoms with Gasteiger partial charge in [-0.05, 0) is 52.7 Å². The highest BCUT2D eigenvalue weighted by molar-refractivity contribution is 6.64. The number of nitrogens with zero attached hydrogens (tertiary/aromatic N) is 2. The van der Waals surface area contributed by atoms with Gasteiger partial charge in [0.25, 0.3) is 0 Å². The van der Waals surface area contributed by atoms with Crippen LogP contribution in [-0.4, -0.2) is 31.4 Å². The molecule has 0 aliphatic carbocycles. The van der Waals surface area contributed by atoms with Gasteiger partial charge in [-0.3, -0.25) is 0 Å². The predicted molar refractivity (Wildman–Crippen MR) is 88.3 cm³/mol. The van der Waals surface area contributed by atoms with Gasteiger partial charge in [0.05, 0.1) is 22.8 Å². The van der Waals surface area contributed by atoms with E-state index in [9.17, 15) is 5.26 Å². The minimum absolute atomic E-state index is 0.353. The van der Waals surface area contributed by atoms with E-state index < -0.39 is 0 Å². The summed E-state index contributed by atoms with van der Waals surface area (Å²) >= 11 is 0. The molecule has 2 fully saturated rings. The SMILES string of the molecule is CC1(C)OB(c2ccc(C#N)cc2N2CCCC2)OC1(C)C. The van der Waals surface area contributed by atoms with Crippen molar-refractivity contribution in [1.29, 1.82) is 5.26 Å². The summed E-state index contributed by atoms with van der Waals surface area (Å²) in [7, 11) is -0.381. The van der Waals surface area contributed by atoms with Crippen molar-refractivity contribution in [3.05, 3.63) is 23.8 Å². The van der Waals surface area contributed by atoms with Crippen molar-refractivity contribution in [2.45, 2.75) is 51.7 Å². The fourth-order valence-corrected chi connectivity index (χ4v) is 3.01. The molecule has 0 saturated carbocycles. The molecule has 0 N–H and O–H groups in total. The summed E-state index contributed by atoms with van der Waals surface area (Å²) < 4.78 is 12.4. The van der Waals surface area contributed by atoms with E-state index in [-0.39, 0.29) is 18.3 Å². The largest absolute Gasteiger partial charge is 0.496 e. The van der Waals surface area contributed by atoms with Gasteiger partial charge in [-0.15, -0.1) is 0 Å². The molecule has 0 aromatic heterocycles. The van der Waals surface area contributed by atoms with Gasteiger partial charge < -0.3 is 14.2 Å². The highest BCUT2D eigenvalue weighted by Gasteiger charge is 2.52. The third kappa shape index (κ3) is 2.51. The van der Waals surface area contributed by atoms with E-state index in [0.29, 0.717) is 5.56 Å². The Kier molecular flexibility index (Phi) is 3.70. The van der Waals surface area contributed by atoms with E-state index in [1.165, 1.54) is 12.8 Å². The molecule has 22 heavy (non-hydrogen) atoms. The summed E-state index contributed by atoms with van der Waals surface area (Å²) in [5.41, 5.74) is 2.08. The van der Waals surface area contributed by atoms with Gasteiger partial charge in [0, 0.05) is 24.2 Å². The first-order chi connectivity index (χ1) is 10.3. The van der Waals surface area contributed by atoms with Gasteiger partial charge >= 0.3 is 7.12 Å². The Hall–Kier alpha value is -1.51. The molecule has 5 heteroatoms. The third-order valence-corrected chi connectivity index (χ3v) is 5.11. The molecule has 2 aliphatic rings. The van der Waals surface area contributed by atoms with Crippen LogP contribution in [0.15, 0.2) is 18.2 Å². The smallest absolute Gasteiger partial charge is 0.399 e. The fourth-order valence-electron chi connectivity index (χ4n) is 3.01. The molecule has 116 valence electrons. The molecule has 0 spiro atoms. The molecule has 0 bridgehead atoms. The highest BCUT2D eigenvalue weighted by atomic mass is 16.7. The van der Waals surface area contributed by atoms with Crippen LogP contribution in [0, 0.1) is 11.3 Å². The van der Waals surface area contributed by atoms with Gasteiger partial charge in [-0.2, -0.15) is 5.26 Å². The van der Waals surface area contributed by atoms with Crippen molar-refractivity contribution >= 4 is 18.3 Å². The van der Waals surface area contributed by atoms with Crippen LogP contribution in [0.25, 0.3) is 0 Å². The summed E-state index contributed by atoms with van der Waals surface area (Å²) in [6.45, 7) is 10.3. The van der Waals surface area contributed by atoms with Crippen LogP contribution < -0.4 is 10.4 Å². The maximum Gasteiger partial charge on any atom is 0.496 e. The minimum atomic E-state index is -0.381. The van der Waals surface area contributed by atoms with Crippen LogP contribution in [0.4, 0.5) is 5.69 Å². The number of hydrogen-bond donors (Lipinski definition) is 0. The molecule has 0 unspecified atom stereocenters. The highest BCUT2D eigenvalue weighted by Crippen LogP contribution is 2.37. The summed E-state index contributed by atoms with van der Waals surface area (Å²) in [6, 6.07) is 8.02. The number of benzene rings is 1. The Balaban J connectivity index is 1.99. The lowest BCUT2D eigenvalue weighted by Crippen LogP contribution is -2.41. The van der Waals surface area contributed by atoms with E-state index in [4.69, 9.17) is 9.31 Å². The Labute approximate surface area is 133 Å². The van der Waals surface area contributed by atoms with Crippen molar-refractivity contribution < 1.29 is 9.31 Å². The molecule has 2 heterocycles. The van der Waals surface area contributed by atoms with Crippen LogP contribution in [0.2, 0.25) is 0 Å². The predicted octanol–water partition coefficient (Wildman–Crippen LogP) is 2.46. The van der Waals surface area contributed by atoms with Crippen molar-refractivity contribution in [2.24, 2.45) is 0 Å². The molecule has 1 aromatic rings. The lowest BCUT2D eigenvalue weighted by Gasteiger charge is -2.32. The van der Waals surface area contributed by atoms with E-state index in [0.717, 1.165) is 24.2 Å². The molecular weight excluding hydrogens is 275 g/mol. The van der Waals surface area contributed by atoms with Crippen molar-refractivity contribution in [3.63, 3.8) is 0 Å². The van der Waals surface area contributed by atoms with E-state index >= 15 is 0 Å². The Morgan fingerprint density at radius 1 is 1.09 bits per heavy atom. The zero-order valence-electron chi connectivity index (χ0n) is 13.8. The molecule has 2 saturated heterocycles. The second-order valence-corrected chi connectivity index (χ2v) is 7.17. The fraction of sp³-hybridized carbons (Fsp3) is 0.588. The molecule has 1 aromatic carbocycles. The average molecular weight is 298 g/mol. The van der Waals surface area contributed by atoms with Crippen molar-refractivity contribution in [2.75, 3.05) is 18.0 Å². The van der Waals surface area contributed by atoms with Crippen molar-refractivity contribution in [3.8, 4) is 6.07 Å². The van der Waals surface area contributed by atoms with Crippen molar-refractivity contribution in [1.82, 2.24) is 0 Å². The van der Waals surface area contributed by atoms with Gasteiger partial charge in [-0.1, -0.05) is 6.07 Å². The van der Waals surface area contributed by atoms with E-state index in [2.05, 4.69) is 38.7 Å². The lowest BCUT2D eigenvalue weighted by molar-refractivity contribution is 0.00578. The molecule has 0 radical (unpaired) electrons. The minimum Gasteiger partial charge on any atom is -0.399 e. The van der Waals surface area contributed by atoms with Gasteiger partial charge in [0.1, 0.15) is 0 Å². The van der Waals surface area contributed by atoms with Crippen LogP contribution in [0.3, 0.4) is 0 Å². The second kappa shape index (κ2) is 5.29. The van der Waals surface area contributed by atoms with Crippen LogP contribution in [0.1, 0.15) is 46.1 Å². The number of hydrogen-bond acceptors (Lipinski definition) is 4. The monoisotopic (exact) mass is 298 g/mol. The quantitative estimate of drug-likeness (QED) is 0.787. The maximum absolute atomic E-state index is 9.20. The van der Waals surface area contributed by atoms with Gasteiger partial charge in [0.2, 0.25) is 0 Å². The zero-order valence-corrected chi connectivity index (χ0v) is 13.8. The van der Waals surface area contributed by atoms with Crippen LogP contribution in [0.5, 0.6) is 0 Å². The van der Waals surface area contributed by atoms with Crippen LogP contribution >= 0.6 is 0 Å². The third-order valence-electron chi connectivity index (χ3n) is 5.11. The van der Waals surface area contributed by atoms with E-state index in [1.54, 1.807) is 0 Å². The summed E-state index contributed by atoms with van der Waals surface area (Å²) in [5.74, 6) is 0. The summed E-state index contributed by atoms with van der Waals surface area (Å²) in [4.78, 5) is 2.33. The first-order valence-electron chi connectivity index (χ1n) is 7.99. The second-order valence-electron chi connectivity index (χ2n) is 7.17. The summed E-state index contributed by atoms with van der Waals surface area (Å²) in [5, 5.41) is 9.20. The molecule has 0 atom stereocenters. The number of rotatable bonds is 2. The topological polar surface area (TPSA) is 45.5 Å². The summed E-state index contributed by atoms with van der Waals surface area (Å²) in [6.07, 6.45) is 2.39. The molecule has 4 nitrogen and oxygen atoms in total. The molecule has 2 aliphatic heterocycles. The Morgan fingerprint density at radius 2 is 1.68 bits per heavy atom. The molecule has 3 rings (SSSR count).